The van der Waals surface area contributed by atoms with E-state index in [0.717, 1.165) is 12.5 Å². The van der Waals surface area contributed by atoms with Crippen molar-refractivity contribution in [1.29, 1.82) is 0 Å². The number of alkyl halides is 3. The highest BCUT2D eigenvalue weighted by Crippen LogP contribution is 2.31. The summed E-state index contributed by atoms with van der Waals surface area (Å²) in [6.07, 6.45) is -1.48. The van der Waals surface area contributed by atoms with Gasteiger partial charge in [-0.2, -0.15) is 13.2 Å². The van der Waals surface area contributed by atoms with Crippen LogP contribution >= 0.6 is 0 Å². The molecule has 4 rings (SSSR count). The second-order valence-electron chi connectivity index (χ2n) is 6.92. The number of hydrogen-bond acceptors (Lipinski definition) is 6. The van der Waals surface area contributed by atoms with Gasteiger partial charge in [0.2, 0.25) is 6.41 Å². The van der Waals surface area contributed by atoms with Crippen LogP contribution in [0.5, 0.6) is 0 Å². The van der Waals surface area contributed by atoms with Crippen LogP contribution in [0.15, 0.2) is 23.1 Å². The molecule has 1 aliphatic carbocycles. The molecule has 12 heteroatoms. The van der Waals surface area contributed by atoms with Crippen molar-refractivity contribution in [1.82, 2.24) is 30.0 Å². The van der Waals surface area contributed by atoms with Crippen LogP contribution in [0.4, 0.5) is 13.2 Å². The van der Waals surface area contributed by atoms with E-state index in [1.807, 2.05) is 0 Å². The highest BCUT2D eigenvalue weighted by Gasteiger charge is 2.34. The maximum atomic E-state index is 12.8. The van der Waals surface area contributed by atoms with Gasteiger partial charge in [0, 0.05) is 30.6 Å². The van der Waals surface area contributed by atoms with Gasteiger partial charge >= 0.3 is 6.18 Å². The molecule has 3 aromatic heterocycles. The van der Waals surface area contributed by atoms with Crippen molar-refractivity contribution in [2.45, 2.75) is 43.8 Å². The van der Waals surface area contributed by atoms with Gasteiger partial charge in [0.1, 0.15) is 11.2 Å². The molecule has 0 bridgehead atoms. The fourth-order valence-electron chi connectivity index (χ4n) is 2.73. The lowest BCUT2D eigenvalue weighted by molar-refractivity contribution is -0.141. The third kappa shape index (κ3) is 5.24. The zero-order valence-electron chi connectivity index (χ0n) is 17.1. The molecule has 8 nitrogen and oxygen atoms in total. The Morgan fingerprint density at radius 2 is 1.97 bits per heavy atom. The summed E-state index contributed by atoms with van der Waals surface area (Å²) in [5, 5.41) is 9.50. The summed E-state index contributed by atoms with van der Waals surface area (Å²) in [5.41, 5.74) is 0.185. The lowest BCUT2D eigenvalue weighted by Gasteiger charge is -2.08. The SMILES string of the molecule is CCS(=O)c1ccc(C)nc1-c1nc2cc(C(F)(F)F)nnc2n1C.O=CNC1CC1. The van der Waals surface area contributed by atoms with Crippen LogP contribution in [0, 0.1) is 6.92 Å². The third-order valence-corrected chi connectivity index (χ3v) is 5.85. The highest BCUT2D eigenvalue weighted by atomic mass is 32.2. The summed E-state index contributed by atoms with van der Waals surface area (Å²) in [6.45, 7) is 3.54. The van der Waals surface area contributed by atoms with Gasteiger partial charge in [0.15, 0.2) is 17.2 Å². The van der Waals surface area contributed by atoms with E-state index in [-0.39, 0.29) is 11.2 Å². The second kappa shape index (κ2) is 9.08. The molecule has 1 atom stereocenters. The smallest absolute Gasteiger partial charge is 0.356 e. The van der Waals surface area contributed by atoms with E-state index in [4.69, 9.17) is 0 Å². The van der Waals surface area contributed by atoms with Gasteiger partial charge in [0.25, 0.3) is 0 Å². The minimum atomic E-state index is -4.60. The van der Waals surface area contributed by atoms with E-state index < -0.39 is 22.7 Å². The summed E-state index contributed by atoms with van der Waals surface area (Å²) in [5.74, 6) is 0.684. The number of carbonyl (C=O) groups is 1. The third-order valence-electron chi connectivity index (χ3n) is 4.51. The summed E-state index contributed by atoms with van der Waals surface area (Å²) in [6, 6.07) is 4.81. The van der Waals surface area contributed by atoms with E-state index in [2.05, 4.69) is 25.5 Å². The molecule has 1 N–H and O–H groups in total. The van der Waals surface area contributed by atoms with Crippen LogP contribution in [0.3, 0.4) is 0 Å². The number of carbonyl (C=O) groups excluding carboxylic acids is 1. The molecule has 1 amide bonds. The van der Waals surface area contributed by atoms with Crippen molar-refractivity contribution < 1.29 is 22.2 Å². The molecule has 3 heterocycles. The van der Waals surface area contributed by atoms with Crippen molar-refractivity contribution in [3.8, 4) is 11.5 Å². The molecule has 1 aliphatic rings. The zero-order chi connectivity index (χ0) is 22.8. The number of aryl methyl sites for hydroxylation is 2. The number of pyridine rings is 1. The van der Waals surface area contributed by atoms with Crippen LogP contribution in [0.25, 0.3) is 22.7 Å². The maximum Gasteiger partial charge on any atom is 0.435 e. The Balaban J connectivity index is 0.000000391. The fourth-order valence-corrected chi connectivity index (χ4v) is 3.61. The number of nitrogens with one attached hydrogen (secondary N) is 1. The van der Waals surface area contributed by atoms with Gasteiger partial charge in [-0.1, -0.05) is 6.92 Å². The standard InChI is InChI=1S/C15H14F3N5OS.C4H7NO/c1-4-25(24)10-6-5-8(2)19-12(10)14-20-9-7-11(15(16,17)18)21-22-13(9)23(14)3;6-3-5-4-1-2-4/h5-7H,4H2,1-3H3;3-4H,1-2H2,(H,5,6). The first-order valence-corrected chi connectivity index (χ1v) is 10.8. The van der Waals surface area contributed by atoms with Crippen molar-refractivity contribution in [3.63, 3.8) is 0 Å². The van der Waals surface area contributed by atoms with E-state index in [1.54, 1.807) is 33.0 Å². The quantitative estimate of drug-likeness (QED) is 0.595. The van der Waals surface area contributed by atoms with Crippen molar-refractivity contribution in [3.05, 3.63) is 29.6 Å². The minimum Gasteiger partial charge on any atom is -0.356 e. The fraction of sp³-hybridized carbons (Fsp3) is 0.421. The lowest BCUT2D eigenvalue weighted by Crippen LogP contribution is -2.11. The molecule has 31 heavy (non-hydrogen) atoms. The molecule has 0 aliphatic heterocycles. The second-order valence-corrected chi connectivity index (χ2v) is 8.63. The number of fused-ring (bicyclic) bond motifs is 1. The molecule has 166 valence electrons. The van der Waals surface area contributed by atoms with Crippen LogP contribution < -0.4 is 5.32 Å². The molecule has 0 spiro atoms. The normalized spacial score (nSPS) is 14.6. The summed E-state index contributed by atoms with van der Waals surface area (Å²) in [7, 11) is 0.315. The number of nitrogens with zero attached hydrogens (tertiary/aromatic N) is 5. The van der Waals surface area contributed by atoms with Gasteiger partial charge in [-0.15, -0.1) is 10.2 Å². The molecule has 0 saturated heterocycles. The number of halogens is 3. The van der Waals surface area contributed by atoms with E-state index in [0.29, 0.717) is 33.9 Å². The Kier molecular flexibility index (Phi) is 6.68. The highest BCUT2D eigenvalue weighted by molar-refractivity contribution is 7.85. The maximum absolute atomic E-state index is 12.8. The number of rotatable bonds is 5. The first-order chi connectivity index (χ1) is 14.7. The average molecular weight is 454 g/mol. The predicted octanol–water partition coefficient (Wildman–Crippen LogP) is 2.77. The zero-order valence-corrected chi connectivity index (χ0v) is 17.9. The molecule has 1 unspecified atom stereocenters. The summed E-state index contributed by atoms with van der Waals surface area (Å²) < 4.78 is 52.3. The van der Waals surface area contributed by atoms with E-state index >= 15 is 0 Å². The van der Waals surface area contributed by atoms with Gasteiger partial charge in [-0.3, -0.25) is 9.00 Å². The number of hydrogen-bond donors (Lipinski definition) is 1. The Bertz CT molecular complexity index is 1130. The molecular formula is C19H21F3N6O2S. The monoisotopic (exact) mass is 454 g/mol. The molecular weight excluding hydrogens is 433 g/mol. The number of imidazole rings is 1. The molecule has 3 aromatic rings. The molecule has 0 aromatic carbocycles. The average Bonchev–Trinajstić information content (AvgIpc) is 3.49. The van der Waals surface area contributed by atoms with Gasteiger partial charge in [-0.25, -0.2) is 9.97 Å². The van der Waals surface area contributed by atoms with Crippen molar-refractivity contribution in [2.75, 3.05) is 5.75 Å². The Hall–Kier alpha value is -2.89. The van der Waals surface area contributed by atoms with Crippen molar-refractivity contribution >= 4 is 28.4 Å². The molecule has 1 fully saturated rings. The lowest BCUT2D eigenvalue weighted by atomic mass is 10.3. The summed E-state index contributed by atoms with van der Waals surface area (Å²) in [4.78, 5) is 18.7. The van der Waals surface area contributed by atoms with Gasteiger partial charge < -0.3 is 9.88 Å². The largest absolute Gasteiger partial charge is 0.435 e. The van der Waals surface area contributed by atoms with E-state index in [9.17, 15) is 22.2 Å². The Morgan fingerprint density at radius 1 is 1.26 bits per heavy atom. The number of amides is 1. The Labute approximate surface area is 178 Å². The van der Waals surface area contributed by atoms with Crippen LogP contribution in [-0.4, -0.2) is 47.1 Å². The van der Waals surface area contributed by atoms with Crippen molar-refractivity contribution in [2.24, 2.45) is 7.05 Å². The molecule has 1 saturated carbocycles. The predicted molar refractivity (Wildman–Crippen MR) is 108 cm³/mol. The summed E-state index contributed by atoms with van der Waals surface area (Å²) >= 11 is 0. The van der Waals surface area contributed by atoms with Gasteiger partial charge in [-0.05, 0) is 31.9 Å². The minimum absolute atomic E-state index is 0.0522. The first-order valence-electron chi connectivity index (χ1n) is 9.49. The van der Waals surface area contributed by atoms with E-state index in [1.165, 1.54) is 17.4 Å². The topological polar surface area (TPSA) is 103 Å². The Morgan fingerprint density at radius 3 is 2.52 bits per heavy atom. The number of aromatic nitrogens is 5. The van der Waals surface area contributed by atoms with Crippen LogP contribution in [-0.2, 0) is 28.8 Å². The first kappa shape index (κ1) is 22.8. The van der Waals surface area contributed by atoms with Gasteiger partial charge in [0.05, 0.1) is 15.7 Å². The van der Waals surface area contributed by atoms with Crippen LogP contribution in [0.2, 0.25) is 0 Å². The molecule has 0 radical (unpaired) electrons. The van der Waals surface area contributed by atoms with Crippen LogP contribution in [0.1, 0.15) is 31.2 Å².